The molecule has 3 unspecified atom stereocenters. The molecular formula is C22H41N. The number of aliphatic imine (C=N–C) groups is 1. The van der Waals surface area contributed by atoms with Gasteiger partial charge in [0.15, 0.2) is 0 Å². The second kappa shape index (κ2) is 7.53. The molecule has 1 rings (SSSR count). The Bertz CT molecular complexity index is 443. The summed E-state index contributed by atoms with van der Waals surface area (Å²) in [5.74, 6) is 4.09. The lowest BCUT2D eigenvalue weighted by atomic mass is 9.59. The Morgan fingerprint density at radius 2 is 1.35 bits per heavy atom. The van der Waals surface area contributed by atoms with Crippen molar-refractivity contribution in [1.82, 2.24) is 0 Å². The molecule has 0 aromatic carbocycles. The molecule has 134 valence electrons. The maximum atomic E-state index is 5.25. The second-order valence-corrected chi connectivity index (χ2v) is 9.92. The summed E-state index contributed by atoms with van der Waals surface area (Å²) < 4.78 is 0. The Balaban J connectivity index is 3.62. The van der Waals surface area contributed by atoms with Crippen LogP contribution in [0.2, 0.25) is 0 Å². The van der Waals surface area contributed by atoms with Gasteiger partial charge < -0.3 is 0 Å². The van der Waals surface area contributed by atoms with E-state index in [0.717, 1.165) is 0 Å². The molecule has 1 heteroatoms. The zero-order chi connectivity index (χ0) is 18.1. The van der Waals surface area contributed by atoms with Gasteiger partial charge in [0.05, 0.1) is 0 Å². The Hall–Kier alpha value is -0.590. The third-order valence-electron chi connectivity index (χ3n) is 5.44. The first-order valence-corrected chi connectivity index (χ1v) is 9.68. The van der Waals surface area contributed by atoms with Crippen molar-refractivity contribution in [1.29, 1.82) is 0 Å². The molecule has 0 N–H and O–H groups in total. The number of hydrogen-bond donors (Lipinski definition) is 0. The first kappa shape index (κ1) is 20.5. The Morgan fingerprint density at radius 3 is 1.65 bits per heavy atom. The van der Waals surface area contributed by atoms with Crippen LogP contribution in [-0.2, 0) is 0 Å². The molecule has 3 atom stereocenters. The lowest BCUT2D eigenvalue weighted by Gasteiger charge is -2.45. The van der Waals surface area contributed by atoms with Gasteiger partial charge in [-0.15, -0.1) is 0 Å². The minimum absolute atomic E-state index is 0.280. The summed E-state index contributed by atoms with van der Waals surface area (Å²) in [5, 5.41) is 0. The lowest BCUT2D eigenvalue weighted by molar-refractivity contribution is 0.0948. The highest BCUT2D eigenvalue weighted by molar-refractivity contribution is 5.90. The highest BCUT2D eigenvalue weighted by Crippen LogP contribution is 2.48. The average molecular weight is 320 g/mol. The van der Waals surface area contributed by atoms with E-state index in [1.165, 1.54) is 11.4 Å². The van der Waals surface area contributed by atoms with Gasteiger partial charge in [0.1, 0.15) is 0 Å². The molecule has 1 nitrogen and oxygen atoms in total. The maximum Gasteiger partial charge on any atom is 0.0391 e. The lowest BCUT2D eigenvalue weighted by Crippen LogP contribution is -2.42. The highest BCUT2D eigenvalue weighted by Gasteiger charge is 2.44. The van der Waals surface area contributed by atoms with Gasteiger partial charge in [-0.1, -0.05) is 82.2 Å². The molecule has 0 bridgehead atoms. The Labute approximate surface area is 146 Å². The predicted octanol–water partition coefficient (Wildman–Crippen LogP) is 6.84. The van der Waals surface area contributed by atoms with Crippen molar-refractivity contribution >= 4 is 5.71 Å². The molecule has 0 spiro atoms. The van der Waals surface area contributed by atoms with Crippen molar-refractivity contribution in [3.63, 3.8) is 0 Å². The zero-order valence-corrected chi connectivity index (χ0v) is 17.6. The molecule has 0 aromatic rings. The summed E-state index contributed by atoms with van der Waals surface area (Å²) in [6.45, 7) is 26.0. The fourth-order valence-corrected chi connectivity index (χ4v) is 4.30. The van der Waals surface area contributed by atoms with Gasteiger partial charge in [-0.2, -0.15) is 0 Å². The summed E-state index contributed by atoms with van der Waals surface area (Å²) in [5.41, 5.74) is 3.02. The number of allylic oxidation sites excluding steroid dienone is 2. The molecule has 1 heterocycles. The fourth-order valence-electron chi connectivity index (χ4n) is 4.30. The van der Waals surface area contributed by atoms with Crippen LogP contribution in [0.5, 0.6) is 0 Å². The van der Waals surface area contributed by atoms with Gasteiger partial charge in [-0.25, -0.2) is 0 Å². The molecule has 1 aliphatic heterocycles. The molecular weight excluding hydrogens is 278 g/mol. The van der Waals surface area contributed by atoms with Gasteiger partial charge in [-0.05, 0) is 40.9 Å². The molecule has 23 heavy (non-hydrogen) atoms. The number of rotatable bonds is 4. The number of hydrogen-bond acceptors (Lipinski definition) is 1. The van der Waals surface area contributed by atoms with Crippen LogP contribution >= 0.6 is 0 Å². The van der Waals surface area contributed by atoms with Crippen molar-refractivity contribution in [3.05, 3.63) is 11.8 Å². The van der Waals surface area contributed by atoms with Gasteiger partial charge in [-0.3, -0.25) is 4.99 Å². The zero-order valence-electron chi connectivity index (χ0n) is 17.6. The maximum absolute atomic E-state index is 5.25. The quantitative estimate of drug-likeness (QED) is 0.537. The first-order chi connectivity index (χ1) is 10.4. The van der Waals surface area contributed by atoms with E-state index >= 15 is 0 Å². The van der Waals surface area contributed by atoms with E-state index in [9.17, 15) is 0 Å². The van der Waals surface area contributed by atoms with Crippen LogP contribution in [0.1, 0.15) is 76.2 Å². The smallest absolute Gasteiger partial charge is 0.0391 e. The van der Waals surface area contributed by atoms with Gasteiger partial charge >= 0.3 is 0 Å². The van der Waals surface area contributed by atoms with E-state index < -0.39 is 0 Å². The third-order valence-corrected chi connectivity index (χ3v) is 5.44. The molecule has 0 fully saturated rings. The van der Waals surface area contributed by atoms with Crippen molar-refractivity contribution in [2.24, 2.45) is 51.8 Å². The fraction of sp³-hybridized carbons (Fsp3) is 0.864. The first-order valence-electron chi connectivity index (χ1n) is 9.68. The van der Waals surface area contributed by atoms with E-state index in [0.29, 0.717) is 41.4 Å². The topological polar surface area (TPSA) is 12.4 Å². The molecule has 0 radical (unpaired) electrons. The SMILES string of the molecule is CC(C)C1=CC(C(C)C)C(C(C)(C)C)C(C(C)C)C(C(C)C)=N1. The van der Waals surface area contributed by atoms with Gasteiger partial charge in [0, 0.05) is 17.3 Å². The van der Waals surface area contributed by atoms with Crippen LogP contribution < -0.4 is 0 Å². The Kier molecular flexibility index (Phi) is 6.70. The van der Waals surface area contributed by atoms with Crippen LogP contribution in [0.15, 0.2) is 16.8 Å². The van der Waals surface area contributed by atoms with E-state index in [1.54, 1.807) is 0 Å². The van der Waals surface area contributed by atoms with Crippen LogP contribution in [-0.4, -0.2) is 5.71 Å². The van der Waals surface area contributed by atoms with Crippen molar-refractivity contribution in [2.45, 2.75) is 76.2 Å². The Morgan fingerprint density at radius 1 is 0.826 bits per heavy atom. The van der Waals surface area contributed by atoms with Crippen LogP contribution in [0.25, 0.3) is 0 Å². The normalized spacial score (nSPS) is 26.8. The van der Waals surface area contributed by atoms with E-state index in [4.69, 9.17) is 4.99 Å². The molecule has 1 aliphatic rings. The monoisotopic (exact) mass is 319 g/mol. The summed E-state index contributed by atoms with van der Waals surface area (Å²) in [6, 6.07) is 0. The third kappa shape index (κ3) is 4.70. The van der Waals surface area contributed by atoms with Gasteiger partial charge in [0.2, 0.25) is 0 Å². The molecule has 0 aliphatic carbocycles. The number of nitrogens with zero attached hydrogens (tertiary/aromatic N) is 1. The van der Waals surface area contributed by atoms with E-state index in [-0.39, 0.29) is 5.41 Å². The highest BCUT2D eigenvalue weighted by atomic mass is 14.8. The standard InChI is InChI=1S/C22H41N/c1-13(2)17-12-18(14(3)4)23-21(16(7)8)19(15(5)6)20(17)22(9,10)11/h12-17,19-20H,1-11H3. The van der Waals surface area contributed by atoms with Crippen molar-refractivity contribution in [2.75, 3.05) is 0 Å². The van der Waals surface area contributed by atoms with Crippen molar-refractivity contribution < 1.29 is 0 Å². The van der Waals surface area contributed by atoms with E-state index in [1.807, 2.05) is 0 Å². The minimum atomic E-state index is 0.280. The summed E-state index contributed by atoms with van der Waals surface area (Å²) in [6.07, 6.45) is 2.52. The summed E-state index contributed by atoms with van der Waals surface area (Å²) >= 11 is 0. The molecule has 0 aromatic heterocycles. The van der Waals surface area contributed by atoms with Crippen LogP contribution in [0.4, 0.5) is 0 Å². The second-order valence-electron chi connectivity index (χ2n) is 9.92. The molecule has 0 saturated carbocycles. The summed E-state index contributed by atoms with van der Waals surface area (Å²) in [7, 11) is 0. The average Bonchev–Trinajstić information content (AvgIpc) is 2.54. The van der Waals surface area contributed by atoms with Crippen LogP contribution in [0, 0.1) is 46.8 Å². The molecule has 0 saturated heterocycles. The molecule has 0 amide bonds. The van der Waals surface area contributed by atoms with Crippen LogP contribution in [0.3, 0.4) is 0 Å². The minimum Gasteiger partial charge on any atom is -0.262 e. The summed E-state index contributed by atoms with van der Waals surface area (Å²) in [4.78, 5) is 5.25. The van der Waals surface area contributed by atoms with Gasteiger partial charge in [0.25, 0.3) is 0 Å². The largest absolute Gasteiger partial charge is 0.262 e. The predicted molar refractivity (Wildman–Crippen MR) is 105 cm³/mol. The van der Waals surface area contributed by atoms with E-state index in [2.05, 4.69) is 82.2 Å². The van der Waals surface area contributed by atoms with Crippen molar-refractivity contribution in [3.8, 4) is 0 Å².